The van der Waals surface area contributed by atoms with Gasteiger partial charge in [-0.2, -0.15) is 0 Å². The number of aromatic nitrogens is 1. The van der Waals surface area contributed by atoms with Crippen LogP contribution in [0.3, 0.4) is 0 Å². The van der Waals surface area contributed by atoms with Crippen molar-refractivity contribution < 1.29 is 0 Å². The average molecular weight is 250 g/mol. The summed E-state index contributed by atoms with van der Waals surface area (Å²) in [5.74, 6) is 0. The van der Waals surface area contributed by atoms with E-state index in [0.29, 0.717) is 5.41 Å². The molecule has 3 rings (SSSR count). The van der Waals surface area contributed by atoms with Crippen molar-refractivity contribution in [1.82, 2.24) is 10.3 Å². The topological polar surface area (TPSA) is 24.9 Å². The molecule has 0 atom stereocenters. The molecule has 1 aromatic heterocycles. The van der Waals surface area contributed by atoms with E-state index in [-0.39, 0.29) is 0 Å². The monoisotopic (exact) mass is 250 g/mol. The maximum atomic E-state index is 4.80. The number of fused-ring (bicyclic) bond motifs is 1. The van der Waals surface area contributed by atoms with Gasteiger partial charge in [-0.25, -0.2) is 4.98 Å². The van der Waals surface area contributed by atoms with Gasteiger partial charge in [0.25, 0.3) is 0 Å². The van der Waals surface area contributed by atoms with Crippen LogP contribution in [-0.4, -0.2) is 11.5 Å². The molecule has 17 heavy (non-hydrogen) atoms. The van der Waals surface area contributed by atoms with Crippen molar-refractivity contribution in [3.63, 3.8) is 0 Å². The van der Waals surface area contributed by atoms with E-state index in [1.807, 2.05) is 11.3 Å². The van der Waals surface area contributed by atoms with E-state index in [0.717, 1.165) is 13.1 Å². The summed E-state index contributed by atoms with van der Waals surface area (Å²) in [6, 6.07) is 0. The lowest BCUT2D eigenvalue weighted by Gasteiger charge is -2.32. The SMILES string of the molecule is CCNCc1nc2c(s1)CC1(CCCC1)CC2. The first-order chi connectivity index (χ1) is 8.31. The van der Waals surface area contributed by atoms with Crippen molar-refractivity contribution >= 4 is 11.3 Å². The predicted octanol–water partition coefficient (Wildman–Crippen LogP) is 3.30. The Bertz CT molecular complexity index is 391. The Morgan fingerprint density at radius 3 is 2.88 bits per heavy atom. The van der Waals surface area contributed by atoms with E-state index < -0.39 is 0 Å². The zero-order valence-corrected chi connectivity index (χ0v) is 11.5. The number of thiazole rings is 1. The smallest absolute Gasteiger partial charge is 0.107 e. The van der Waals surface area contributed by atoms with Crippen LogP contribution in [0, 0.1) is 5.41 Å². The molecule has 1 aromatic rings. The Labute approximate surface area is 108 Å². The van der Waals surface area contributed by atoms with Gasteiger partial charge in [0.15, 0.2) is 0 Å². The lowest BCUT2D eigenvalue weighted by molar-refractivity contribution is 0.256. The zero-order valence-electron chi connectivity index (χ0n) is 10.7. The van der Waals surface area contributed by atoms with Crippen LogP contribution in [0.4, 0.5) is 0 Å². The van der Waals surface area contributed by atoms with Gasteiger partial charge in [-0.1, -0.05) is 19.8 Å². The van der Waals surface area contributed by atoms with E-state index in [9.17, 15) is 0 Å². The van der Waals surface area contributed by atoms with Crippen LogP contribution in [0.5, 0.6) is 0 Å². The Kier molecular flexibility index (Phi) is 3.22. The molecule has 0 amide bonds. The van der Waals surface area contributed by atoms with Crippen LogP contribution in [0.15, 0.2) is 0 Å². The Balaban J connectivity index is 1.75. The fraction of sp³-hybridized carbons (Fsp3) is 0.786. The van der Waals surface area contributed by atoms with E-state index in [1.54, 1.807) is 4.88 Å². The summed E-state index contributed by atoms with van der Waals surface area (Å²) in [6.07, 6.45) is 9.80. The van der Waals surface area contributed by atoms with Gasteiger partial charge in [0.2, 0.25) is 0 Å². The summed E-state index contributed by atoms with van der Waals surface area (Å²) in [5, 5.41) is 4.68. The fourth-order valence-electron chi connectivity index (χ4n) is 3.44. The minimum absolute atomic E-state index is 0.676. The van der Waals surface area contributed by atoms with Gasteiger partial charge in [-0.05, 0) is 44.1 Å². The van der Waals surface area contributed by atoms with E-state index in [2.05, 4.69) is 12.2 Å². The van der Waals surface area contributed by atoms with Crippen molar-refractivity contribution in [1.29, 1.82) is 0 Å². The summed E-state index contributed by atoms with van der Waals surface area (Å²) in [4.78, 5) is 6.40. The molecule has 1 saturated carbocycles. The predicted molar refractivity (Wildman–Crippen MR) is 72.4 cm³/mol. The van der Waals surface area contributed by atoms with Crippen molar-refractivity contribution in [3.8, 4) is 0 Å². The summed E-state index contributed by atoms with van der Waals surface area (Å²) in [5.41, 5.74) is 2.09. The summed E-state index contributed by atoms with van der Waals surface area (Å²) in [6.45, 7) is 4.15. The van der Waals surface area contributed by atoms with Crippen molar-refractivity contribution in [2.24, 2.45) is 5.41 Å². The third-order valence-electron chi connectivity index (χ3n) is 4.44. The number of nitrogens with one attached hydrogen (secondary N) is 1. The highest BCUT2D eigenvalue weighted by Crippen LogP contribution is 2.48. The standard InChI is InChI=1S/C14H22N2S/c1-2-15-10-13-16-11-5-8-14(6-3-4-7-14)9-12(11)17-13/h15H,2-10H2,1H3. The normalized spacial score (nSPS) is 21.9. The molecule has 3 heteroatoms. The molecule has 1 spiro atoms. The minimum atomic E-state index is 0.676. The van der Waals surface area contributed by atoms with Crippen molar-refractivity contribution in [2.75, 3.05) is 6.54 Å². The van der Waals surface area contributed by atoms with Crippen LogP contribution < -0.4 is 5.32 Å². The molecule has 94 valence electrons. The average Bonchev–Trinajstić information content (AvgIpc) is 2.93. The number of nitrogens with zero attached hydrogens (tertiary/aromatic N) is 1. The molecule has 2 aliphatic carbocycles. The Hall–Kier alpha value is -0.410. The molecule has 0 aliphatic heterocycles. The molecule has 1 heterocycles. The first-order valence-corrected chi connectivity index (χ1v) is 7.81. The summed E-state index contributed by atoms with van der Waals surface area (Å²) >= 11 is 1.96. The van der Waals surface area contributed by atoms with Crippen LogP contribution in [0.25, 0.3) is 0 Å². The molecular formula is C14H22N2S. The molecular weight excluding hydrogens is 228 g/mol. The van der Waals surface area contributed by atoms with E-state index in [4.69, 9.17) is 4.98 Å². The third kappa shape index (κ3) is 2.27. The Morgan fingerprint density at radius 2 is 2.12 bits per heavy atom. The first-order valence-electron chi connectivity index (χ1n) is 6.99. The fourth-order valence-corrected chi connectivity index (χ4v) is 4.70. The highest BCUT2D eigenvalue weighted by Gasteiger charge is 2.38. The minimum Gasteiger partial charge on any atom is -0.311 e. The van der Waals surface area contributed by atoms with Gasteiger partial charge in [0, 0.05) is 11.4 Å². The largest absolute Gasteiger partial charge is 0.311 e. The number of rotatable bonds is 3. The van der Waals surface area contributed by atoms with E-state index in [1.165, 1.54) is 55.6 Å². The first kappa shape index (κ1) is 11.7. The molecule has 0 radical (unpaired) electrons. The van der Waals surface area contributed by atoms with Gasteiger partial charge in [-0.15, -0.1) is 11.3 Å². The van der Waals surface area contributed by atoms with Crippen LogP contribution >= 0.6 is 11.3 Å². The van der Waals surface area contributed by atoms with Gasteiger partial charge in [0.05, 0.1) is 5.69 Å². The molecule has 0 unspecified atom stereocenters. The second kappa shape index (κ2) is 4.69. The number of hydrogen-bond donors (Lipinski definition) is 1. The lowest BCUT2D eigenvalue weighted by atomic mass is 9.74. The number of hydrogen-bond acceptors (Lipinski definition) is 3. The van der Waals surface area contributed by atoms with Crippen LogP contribution in [0.1, 0.15) is 54.6 Å². The quantitative estimate of drug-likeness (QED) is 0.890. The molecule has 2 nitrogen and oxygen atoms in total. The molecule has 1 N–H and O–H groups in total. The zero-order chi connectivity index (χ0) is 11.7. The van der Waals surface area contributed by atoms with Gasteiger partial charge >= 0.3 is 0 Å². The maximum absolute atomic E-state index is 4.80. The van der Waals surface area contributed by atoms with Crippen molar-refractivity contribution in [3.05, 3.63) is 15.6 Å². The highest BCUT2D eigenvalue weighted by atomic mass is 32.1. The maximum Gasteiger partial charge on any atom is 0.107 e. The Morgan fingerprint density at radius 1 is 1.29 bits per heavy atom. The second-order valence-corrected chi connectivity index (χ2v) is 6.81. The molecule has 0 bridgehead atoms. The van der Waals surface area contributed by atoms with Gasteiger partial charge in [-0.3, -0.25) is 0 Å². The van der Waals surface area contributed by atoms with Gasteiger partial charge < -0.3 is 5.32 Å². The highest BCUT2D eigenvalue weighted by molar-refractivity contribution is 7.11. The molecule has 1 fully saturated rings. The van der Waals surface area contributed by atoms with Crippen LogP contribution in [0.2, 0.25) is 0 Å². The van der Waals surface area contributed by atoms with E-state index >= 15 is 0 Å². The molecule has 0 aromatic carbocycles. The van der Waals surface area contributed by atoms with Crippen molar-refractivity contribution in [2.45, 2.75) is 58.4 Å². The third-order valence-corrected chi connectivity index (χ3v) is 5.54. The molecule has 2 aliphatic rings. The lowest BCUT2D eigenvalue weighted by Crippen LogP contribution is -2.24. The van der Waals surface area contributed by atoms with Crippen LogP contribution in [-0.2, 0) is 19.4 Å². The summed E-state index contributed by atoms with van der Waals surface area (Å²) in [7, 11) is 0. The second-order valence-electron chi connectivity index (χ2n) is 5.64. The summed E-state index contributed by atoms with van der Waals surface area (Å²) < 4.78 is 0. The van der Waals surface area contributed by atoms with Gasteiger partial charge in [0.1, 0.15) is 5.01 Å². The number of aryl methyl sites for hydroxylation is 1. The molecule has 0 saturated heterocycles.